The van der Waals surface area contributed by atoms with E-state index < -0.39 is 6.04 Å². The molecule has 0 radical (unpaired) electrons. The first-order chi connectivity index (χ1) is 18.1. The minimum absolute atomic E-state index is 0.0919. The van der Waals surface area contributed by atoms with Crippen molar-refractivity contribution in [2.75, 3.05) is 23.3 Å². The van der Waals surface area contributed by atoms with E-state index in [4.69, 9.17) is 0 Å². The quantitative estimate of drug-likeness (QED) is 0.322. The number of urea groups is 1. The zero-order valence-electron chi connectivity index (χ0n) is 20.7. The predicted octanol–water partition coefficient (Wildman–Crippen LogP) is 6.39. The van der Waals surface area contributed by atoms with Crippen LogP contribution >= 0.6 is 0 Å². The number of hydrogen-bond acceptors (Lipinski definition) is 2. The van der Waals surface area contributed by atoms with Gasteiger partial charge < -0.3 is 14.8 Å². The summed E-state index contributed by atoms with van der Waals surface area (Å²) in [5.74, 6) is -0.551. The van der Waals surface area contributed by atoms with Crippen molar-refractivity contribution < 1.29 is 14.0 Å². The second kappa shape index (κ2) is 10.7. The third-order valence-corrected chi connectivity index (χ3v) is 6.59. The summed E-state index contributed by atoms with van der Waals surface area (Å²) < 4.78 is 15.9. The molecule has 3 amide bonds. The summed E-state index contributed by atoms with van der Waals surface area (Å²) in [6, 6.07) is 26.3. The van der Waals surface area contributed by atoms with E-state index in [-0.39, 0.29) is 24.3 Å². The highest BCUT2D eigenvalue weighted by atomic mass is 19.1. The van der Waals surface area contributed by atoms with Gasteiger partial charge in [-0.2, -0.15) is 0 Å². The highest BCUT2D eigenvalue weighted by molar-refractivity contribution is 6.01. The third kappa shape index (κ3) is 4.98. The van der Waals surface area contributed by atoms with E-state index in [1.165, 1.54) is 12.1 Å². The largest absolute Gasteiger partial charge is 0.322 e. The standard InChI is InChI=1S/C30H29FN4O2/c1-2-3-19-33(30(37)32-24-10-5-4-6-11-24)21-28(36)35-26-13-8-7-12-25(26)34-20-9-14-27(34)29(35)22-15-17-23(31)18-16-22/h4-18,20,29H,2-3,19,21H2,1H3,(H,32,37). The summed E-state index contributed by atoms with van der Waals surface area (Å²) in [7, 11) is 0. The molecule has 4 aromatic rings. The molecule has 0 saturated heterocycles. The number of halogens is 1. The number of para-hydroxylation sites is 3. The zero-order chi connectivity index (χ0) is 25.8. The number of unbranched alkanes of at least 4 members (excludes halogenated alkanes) is 1. The van der Waals surface area contributed by atoms with Crippen molar-refractivity contribution in [1.82, 2.24) is 9.47 Å². The monoisotopic (exact) mass is 496 g/mol. The van der Waals surface area contributed by atoms with E-state index >= 15 is 0 Å². The smallest absolute Gasteiger partial charge is 0.316 e. The predicted molar refractivity (Wildman–Crippen MR) is 143 cm³/mol. The fourth-order valence-electron chi connectivity index (χ4n) is 4.79. The van der Waals surface area contributed by atoms with Gasteiger partial charge in [-0.1, -0.05) is 55.8 Å². The minimum atomic E-state index is -0.469. The van der Waals surface area contributed by atoms with E-state index in [1.54, 1.807) is 21.9 Å². The molecule has 0 bridgehead atoms. The summed E-state index contributed by atoms with van der Waals surface area (Å²) in [4.78, 5) is 30.6. The van der Waals surface area contributed by atoms with Gasteiger partial charge in [0.05, 0.1) is 17.1 Å². The molecule has 1 unspecified atom stereocenters. The number of nitrogens with zero attached hydrogens (tertiary/aromatic N) is 3. The lowest BCUT2D eigenvalue weighted by Crippen LogP contribution is -2.48. The zero-order valence-corrected chi connectivity index (χ0v) is 20.7. The van der Waals surface area contributed by atoms with Gasteiger partial charge in [0.2, 0.25) is 5.91 Å². The number of anilines is 2. The lowest BCUT2D eigenvalue weighted by molar-refractivity contribution is -0.119. The molecule has 3 aromatic carbocycles. The first-order valence-electron chi connectivity index (χ1n) is 12.5. The molecule has 2 heterocycles. The van der Waals surface area contributed by atoms with Crippen LogP contribution in [0.1, 0.15) is 37.1 Å². The average Bonchev–Trinajstić information content (AvgIpc) is 3.41. The maximum absolute atomic E-state index is 14.1. The Bertz CT molecular complexity index is 1380. The Kier molecular flexibility index (Phi) is 7.03. The molecule has 188 valence electrons. The Hall–Kier alpha value is -4.39. The summed E-state index contributed by atoms with van der Waals surface area (Å²) >= 11 is 0. The van der Waals surface area contributed by atoms with Crippen LogP contribution in [0.25, 0.3) is 5.69 Å². The van der Waals surface area contributed by atoms with Gasteiger partial charge in [0.15, 0.2) is 0 Å². The van der Waals surface area contributed by atoms with Crippen molar-refractivity contribution in [2.24, 2.45) is 0 Å². The van der Waals surface area contributed by atoms with Gasteiger partial charge in [-0.25, -0.2) is 9.18 Å². The van der Waals surface area contributed by atoms with Crippen molar-refractivity contribution >= 4 is 23.3 Å². The number of amides is 3. The number of aromatic nitrogens is 1. The maximum Gasteiger partial charge on any atom is 0.322 e. The molecule has 1 N–H and O–H groups in total. The number of fused-ring (bicyclic) bond motifs is 3. The Labute approximate surface area is 215 Å². The van der Waals surface area contributed by atoms with Gasteiger partial charge in [-0.3, -0.25) is 9.69 Å². The Morgan fingerprint density at radius 2 is 1.59 bits per heavy atom. The molecular weight excluding hydrogens is 467 g/mol. The van der Waals surface area contributed by atoms with Crippen LogP contribution in [-0.2, 0) is 4.79 Å². The fourth-order valence-corrected chi connectivity index (χ4v) is 4.79. The lowest BCUT2D eigenvalue weighted by Gasteiger charge is -2.39. The highest BCUT2D eigenvalue weighted by Gasteiger charge is 2.37. The Balaban J connectivity index is 1.51. The van der Waals surface area contributed by atoms with E-state index in [9.17, 15) is 14.0 Å². The fraction of sp³-hybridized carbons (Fsp3) is 0.200. The summed E-state index contributed by atoms with van der Waals surface area (Å²) in [5.41, 5.74) is 3.98. The van der Waals surface area contributed by atoms with Crippen LogP contribution in [0.5, 0.6) is 0 Å². The first-order valence-corrected chi connectivity index (χ1v) is 12.5. The van der Waals surface area contributed by atoms with E-state index in [2.05, 4.69) is 16.8 Å². The van der Waals surface area contributed by atoms with Gasteiger partial charge >= 0.3 is 6.03 Å². The molecule has 1 aliphatic rings. The van der Waals surface area contributed by atoms with E-state index in [0.29, 0.717) is 12.2 Å². The number of rotatable bonds is 7. The van der Waals surface area contributed by atoms with Gasteiger partial charge in [0.1, 0.15) is 18.4 Å². The molecule has 7 heteroatoms. The van der Waals surface area contributed by atoms with Crippen molar-refractivity contribution in [3.05, 3.63) is 114 Å². The van der Waals surface area contributed by atoms with Gasteiger partial charge in [-0.15, -0.1) is 0 Å². The number of carbonyl (C=O) groups excluding carboxylic acids is 2. The third-order valence-electron chi connectivity index (χ3n) is 6.59. The summed E-state index contributed by atoms with van der Waals surface area (Å²) in [5, 5.41) is 2.91. The molecule has 1 aromatic heterocycles. The van der Waals surface area contributed by atoms with Crippen molar-refractivity contribution in [3.8, 4) is 5.69 Å². The molecule has 1 atom stereocenters. The van der Waals surface area contributed by atoms with Crippen LogP contribution in [0.2, 0.25) is 0 Å². The van der Waals surface area contributed by atoms with Crippen molar-refractivity contribution in [1.29, 1.82) is 0 Å². The SMILES string of the molecule is CCCCN(CC(=O)N1c2ccccc2-n2cccc2C1c1ccc(F)cc1)C(=O)Nc1ccccc1. The molecule has 37 heavy (non-hydrogen) atoms. The second-order valence-electron chi connectivity index (χ2n) is 9.08. The van der Waals surface area contributed by atoms with Crippen molar-refractivity contribution in [2.45, 2.75) is 25.8 Å². The first kappa shape index (κ1) is 24.3. The van der Waals surface area contributed by atoms with Gasteiger partial charge in [0, 0.05) is 18.4 Å². The molecule has 0 fully saturated rings. The highest BCUT2D eigenvalue weighted by Crippen LogP contribution is 2.42. The number of nitrogens with one attached hydrogen (secondary N) is 1. The Morgan fingerprint density at radius 1 is 0.892 bits per heavy atom. The Morgan fingerprint density at radius 3 is 2.32 bits per heavy atom. The van der Waals surface area contributed by atoms with Crippen LogP contribution in [0, 0.1) is 5.82 Å². The number of hydrogen-bond donors (Lipinski definition) is 1. The van der Waals surface area contributed by atoms with Crippen LogP contribution in [0.3, 0.4) is 0 Å². The minimum Gasteiger partial charge on any atom is -0.316 e. The van der Waals surface area contributed by atoms with Crippen LogP contribution in [0.15, 0.2) is 97.2 Å². The van der Waals surface area contributed by atoms with Crippen molar-refractivity contribution in [3.63, 3.8) is 0 Å². The summed E-state index contributed by atoms with van der Waals surface area (Å²) in [6.45, 7) is 2.41. The summed E-state index contributed by atoms with van der Waals surface area (Å²) in [6.07, 6.45) is 3.63. The van der Waals surface area contributed by atoms with E-state index in [1.807, 2.05) is 72.9 Å². The van der Waals surface area contributed by atoms with E-state index in [0.717, 1.165) is 35.5 Å². The molecule has 1 aliphatic heterocycles. The van der Waals surface area contributed by atoms with Gasteiger partial charge in [0.25, 0.3) is 0 Å². The second-order valence-corrected chi connectivity index (χ2v) is 9.08. The lowest BCUT2D eigenvalue weighted by atomic mass is 9.97. The topological polar surface area (TPSA) is 57.6 Å². The number of carbonyl (C=O) groups is 2. The molecule has 0 spiro atoms. The molecule has 0 aliphatic carbocycles. The molecular formula is C30H29FN4O2. The van der Waals surface area contributed by atoms with Crippen LogP contribution < -0.4 is 10.2 Å². The van der Waals surface area contributed by atoms with Gasteiger partial charge in [-0.05, 0) is 60.5 Å². The molecule has 6 nitrogen and oxygen atoms in total. The average molecular weight is 497 g/mol. The van der Waals surface area contributed by atoms with Crippen LogP contribution in [-0.4, -0.2) is 34.5 Å². The maximum atomic E-state index is 14.1. The molecule has 5 rings (SSSR count). The van der Waals surface area contributed by atoms with Crippen LogP contribution in [0.4, 0.5) is 20.6 Å². The molecule has 0 saturated carbocycles. The normalized spacial score (nSPS) is 14.0. The number of benzene rings is 3.